The number of hydrogen-bond donors (Lipinski definition) is 1. The summed E-state index contributed by atoms with van der Waals surface area (Å²) < 4.78 is 9.09. The van der Waals surface area contributed by atoms with E-state index in [1.807, 2.05) is 22.7 Å². The molecule has 4 aromatic heterocycles. The quantitative estimate of drug-likeness (QED) is 0.156. The van der Waals surface area contributed by atoms with Crippen molar-refractivity contribution >= 4 is 142 Å². The highest BCUT2D eigenvalue weighted by molar-refractivity contribution is 7.26. The molecule has 6 atom stereocenters. The fraction of sp³-hybridized carbons (Fsp3) is 0.102. The van der Waals surface area contributed by atoms with Crippen molar-refractivity contribution in [3.8, 4) is 11.4 Å². The average molecular weight is 1380 g/mol. The van der Waals surface area contributed by atoms with Crippen molar-refractivity contribution in [1.82, 2.24) is 14.5 Å². The first-order valence-corrected chi connectivity index (χ1v) is 38.7. The van der Waals surface area contributed by atoms with Gasteiger partial charge in [0.05, 0.1) is 40.9 Å². The van der Waals surface area contributed by atoms with Gasteiger partial charge in [-0.25, -0.2) is 0 Å². The van der Waals surface area contributed by atoms with Crippen LogP contribution in [0, 0.1) is 11.8 Å². The lowest BCUT2D eigenvalue weighted by Crippen LogP contribution is -2.44. The largest absolute Gasteiger partial charge is 0.345 e. The molecular weight excluding hydrogens is 1310 g/mol. The van der Waals surface area contributed by atoms with Gasteiger partial charge in [-0.05, 0) is 133 Å². The van der Waals surface area contributed by atoms with Crippen LogP contribution in [0.1, 0.15) is 62.3 Å². The number of aromatic nitrogens is 2. The fourth-order valence-electron chi connectivity index (χ4n) is 19.5. The third-order valence-electron chi connectivity index (χ3n) is 23.8. The summed E-state index contributed by atoms with van der Waals surface area (Å²) in [5.74, 6) is 0.125. The maximum Gasteiger partial charge on any atom is 0.0742 e. The van der Waals surface area contributed by atoms with E-state index in [0.717, 1.165) is 24.2 Å². The fourth-order valence-corrected chi connectivity index (χ4v) is 21.9. The van der Waals surface area contributed by atoms with Gasteiger partial charge in [-0.1, -0.05) is 273 Å². The second kappa shape index (κ2) is 23.9. The van der Waals surface area contributed by atoms with Crippen LogP contribution in [0.5, 0.6) is 0 Å². The Bertz CT molecular complexity index is 6710. The molecule has 105 heavy (non-hydrogen) atoms. The molecule has 0 radical (unpaired) electrons. The van der Waals surface area contributed by atoms with Crippen molar-refractivity contribution in [3.05, 3.63) is 381 Å². The Morgan fingerprint density at radius 2 is 1.08 bits per heavy atom. The molecule has 11 aromatic carbocycles. The van der Waals surface area contributed by atoms with Crippen LogP contribution in [-0.2, 0) is 20.5 Å². The van der Waals surface area contributed by atoms with Gasteiger partial charge in [0.1, 0.15) is 0 Å². The van der Waals surface area contributed by atoms with E-state index in [4.69, 9.17) is 0 Å². The van der Waals surface area contributed by atoms with Crippen LogP contribution >= 0.6 is 22.7 Å². The van der Waals surface area contributed by atoms with E-state index < -0.39 is 0 Å². The molecule has 6 unspecified atom stereocenters. The van der Waals surface area contributed by atoms with Gasteiger partial charge in [0.15, 0.2) is 0 Å². The molecule has 0 spiro atoms. The third kappa shape index (κ3) is 9.02. The highest BCUT2D eigenvalue weighted by atomic mass is 32.1. The summed E-state index contributed by atoms with van der Waals surface area (Å²) in [5, 5.41) is 19.9. The zero-order chi connectivity index (χ0) is 69.1. The Labute approximate surface area is 617 Å². The zero-order valence-corrected chi connectivity index (χ0v) is 59.8. The number of fused-ring (bicyclic) bond motifs is 21. The van der Waals surface area contributed by atoms with E-state index in [9.17, 15) is 0 Å². The molecule has 5 nitrogen and oxygen atoms in total. The standard InChI is InChI=1S/C98H71N5S2/c1-100-79-51-27-23-47-75(79)93(87-69-41-17-20-44-72(69)95(73-45-21-18-42-70(73)87)102(61-31-5-3-6-32-61)81-57-85-91(67-39-15-13-37-65(67)81)89-63-35-11-9-29-59(63)53-55-83(89)104-85)97(100)98-94(76-48-24-28-52-80(76)101(98)2)88-71-43-19-22-46-74(71)96(78-50-26-25-49-77(88)99-78)103(62-33-7-4-8-34-62)82-58-86-92(68-40-16-14-38-66(68)82)90-64-36-12-10-30-60(64)54-56-84(90)105-86/h3-27,29-51,53-58,66,68,72,77-78,95,99H,28,52H2,1-2H3. The van der Waals surface area contributed by atoms with Crippen molar-refractivity contribution in [2.45, 2.75) is 36.9 Å². The van der Waals surface area contributed by atoms with Gasteiger partial charge in [-0.2, -0.15) is 0 Å². The Hall–Kier alpha value is -11.8. The van der Waals surface area contributed by atoms with Gasteiger partial charge < -0.3 is 18.9 Å². The number of anilines is 3. The first-order valence-electron chi connectivity index (χ1n) is 37.1. The van der Waals surface area contributed by atoms with Crippen LogP contribution in [0.4, 0.5) is 17.1 Å². The van der Waals surface area contributed by atoms with E-state index in [1.54, 1.807) is 0 Å². The molecule has 5 aliphatic carbocycles. The number of para-hydroxylation sites is 3. The second-order valence-electron chi connectivity index (χ2n) is 29.1. The maximum absolute atomic E-state index is 4.47. The molecule has 0 saturated carbocycles. The highest BCUT2D eigenvalue weighted by Gasteiger charge is 2.44. The second-order valence-corrected chi connectivity index (χ2v) is 31.3. The van der Waals surface area contributed by atoms with E-state index in [2.05, 4.69) is 366 Å². The Morgan fingerprint density at radius 3 is 1.88 bits per heavy atom. The molecule has 500 valence electrons. The molecule has 0 amide bonds. The monoisotopic (exact) mass is 1380 g/mol. The van der Waals surface area contributed by atoms with E-state index in [0.29, 0.717) is 0 Å². The minimum absolute atomic E-state index is 0.0567. The number of aryl methyl sites for hydroxylation is 1. The Morgan fingerprint density at radius 1 is 0.467 bits per heavy atom. The molecule has 7 heteroatoms. The number of hydrogen-bond acceptors (Lipinski definition) is 5. The van der Waals surface area contributed by atoms with Crippen LogP contribution in [0.25, 0.3) is 114 Å². The number of benzene rings is 11. The summed E-state index contributed by atoms with van der Waals surface area (Å²) in [4.78, 5) is 6.70. The third-order valence-corrected chi connectivity index (χ3v) is 26.0. The molecule has 2 bridgehead atoms. The number of nitrogens with zero attached hydrogens (tertiary/aromatic N) is 4. The molecule has 0 saturated heterocycles. The van der Waals surface area contributed by atoms with Crippen LogP contribution in [0.15, 0.2) is 327 Å². The molecule has 7 aliphatic rings. The van der Waals surface area contributed by atoms with Crippen molar-refractivity contribution < 1.29 is 0 Å². The number of rotatable bonds is 9. The van der Waals surface area contributed by atoms with E-state index in [-0.39, 0.29) is 35.9 Å². The number of thiophene rings is 2. The lowest BCUT2D eigenvalue weighted by Gasteiger charge is -2.44. The summed E-state index contributed by atoms with van der Waals surface area (Å²) in [6, 6.07) is 88.9. The predicted octanol–water partition coefficient (Wildman–Crippen LogP) is 22.8. The molecule has 22 rings (SSSR count). The summed E-state index contributed by atoms with van der Waals surface area (Å²) in [6.07, 6.45) is 37.9. The zero-order valence-electron chi connectivity index (χ0n) is 58.2. The van der Waals surface area contributed by atoms with Crippen LogP contribution in [0.2, 0.25) is 0 Å². The van der Waals surface area contributed by atoms with Crippen molar-refractivity contribution in [1.29, 1.82) is 0 Å². The first-order chi connectivity index (χ1) is 52.0. The lowest BCUT2D eigenvalue weighted by molar-refractivity contribution is 0.574. The minimum atomic E-state index is -0.201. The first kappa shape index (κ1) is 60.7. The average Bonchev–Trinajstić information content (AvgIpc) is 1.63. The molecule has 0 fully saturated rings. The summed E-state index contributed by atoms with van der Waals surface area (Å²) in [7, 11) is 4.70. The highest BCUT2D eigenvalue weighted by Crippen LogP contribution is 2.58. The van der Waals surface area contributed by atoms with Crippen molar-refractivity contribution in [2.75, 3.05) is 9.80 Å². The maximum atomic E-state index is 4.47. The van der Waals surface area contributed by atoms with Gasteiger partial charge in [-0.15, -0.1) is 22.7 Å². The molecule has 1 N–H and O–H groups in total. The molecule has 15 aromatic rings. The van der Waals surface area contributed by atoms with Crippen molar-refractivity contribution in [3.63, 3.8) is 0 Å². The number of nitrogens with one attached hydrogen (secondary N) is 1. The van der Waals surface area contributed by atoms with Crippen LogP contribution in [-0.4, -0.2) is 21.2 Å². The summed E-state index contributed by atoms with van der Waals surface area (Å²) in [5.41, 5.74) is 22.6. The van der Waals surface area contributed by atoms with E-state index in [1.165, 1.54) is 173 Å². The van der Waals surface area contributed by atoms with Gasteiger partial charge in [-0.3, -0.25) is 5.32 Å². The van der Waals surface area contributed by atoms with Crippen LogP contribution in [0.3, 0.4) is 0 Å². The van der Waals surface area contributed by atoms with Crippen molar-refractivity contribution in [2.24, 2.45) is 25.9 Å². The normalized spacial score (nSPS) is 19.7. The smallest absolute Gasteiger partial charge is 0.0742 e. The minimum Gasteiger partial charge on any atom is -0.345 e. The van der Waals surface area contributed by atoms with Crippen LogP contribution < -0.4 is 25.6 Å². The van der Waals surface area contributed by atoms with Gasteiger partial charge >= 0.3 is 0 Å². The SMILES string of the molecule is Cn1c2c(c(C3=c4ccccc4=C(N(C4=Cc5sc6ccc7ccccc7c6c5C5C=CC=CC45)c4ccccc4)C4C=CC=CC3N4)c1-c1c(C3=C4C=CC=CC4C(N(c4ccccc4)c4cc5sc6ccc7ccccc7c6c5c5ccccc45)c4ccccc43)c3ccccc3n1C)C=CCC2. The van der Waals surface area contributed by atoms with Gasteiger partial charge in [0.2, 0.25) is 0 Å². The Balaban J connectivity index is 0.796. The number of allylic oxidation sites excluding steroid dienone is 10. The lowest BCUT2D eigenvalue weighted by atomic mass is 9.70. The van der Waals surface area contributed by atoms with Gasteiger partial charge in [0, 0.05) is 128 Å². The Kier molecular flexibility index (Phi) is 13.8. The molecular formula is C98H71N5S2. The molecule has 6 heterocycles. The molecule has 2 aliphatic heterocycles. The van der Waals surface area contributed by atoms with Gasteiger partial charge in [0.25, 0.3) is 0 Å². The van der Waals surface area contributed by atoms with E-state index >= 15 is 0 Å². The topological polar surface area (TPSA) is 28.4 Å². The summed E-state index contributed by atoms with van der Waals surface area (Å²) >= 11 is 3.85. The predicted molar refractivity (Wildman–Crippen MR) is 446 cm³/mol. The summed E-state index contributed by atoms with van der Waals surface area (Å²) in [6.45, 7) is 0.